The Bertz CT molecular complexity index is 260. The van der Waals surface area contributed by atoms with E-state index in [1.54, 1.807) is 0 Å². The SMILES string of the molecule is [CH]C1OCCC1Sc1ccccc1. The molecule has 2 heteroatoms. The monoisotopic (exact) mass is 192 g/mol. The van der Waals surface area contributed by atoms with Crippen molar-refractivity contribution in [3.05, 3.63) is 37.3 Å². The molecule has 1 heterocycles. The van der Waals surface area contributed by atoms with Crippen LogP contribution >= 0.6 is 11.8 Å². The van der Waals surface area contributed by atoms with Crippen molar-refractivity contribution in [3.63, 3.8) is 0 Å². The Kier molecular flexibility index (Phi) is 2.91. The summed E-state index contributed by atoms with van der Waals surface area (Å²) in [6.07, 6.45) is 0.964. The van der Waals surface area contributed by atoms with Gasteiger partial charge in [0.05, 0.1) is 6.10 Å². The molecule has 0 N–H and O–H groups in total. The first kappa shape index (κ1) is 9.10. The first-order valence-electron chi connectivity index (χ1n) is 4.45. The third-order valence-electron chi connectivity index (χ3n) is 2.11. The number of ether oxygens (including phenoxy) is 1. The number of thioether (sulfide) groups is 1. The average molecular weight is 192 g/mol. The smallest absolute Gasteiger partial charge is 0.0733 e. The summed E-state index contributed by atoms with van der Waals surface area (Å²) in [6.45, 7) is 6.58. The quantitative estimate of drug-likeness (QED) is 0.712. The lowest BCUT2D eigenvalue weighted by Crippen LogP contribution is -2.13. The van der Waals surface area contributed by atoms with Crippen LogP contribution in [0.5, 0.6) is 0 Å². The second-order valence-electron chi connectivity index (χ2n) is 3.09. The van der Waals surface area contributed by atoms with Crippen molar-refractivity contribution >= 4 is 11.8 Å². The second-order valence-corrected chi connectivity index (χ2v) is 4.41. The molecule has 0 bridgehead atoms. The fourth-order valence-corrected chi connectivity index (χ4v) is 2.48. The van der Waals surface area contributed by atoms with Crippen molar-refractivity contribution in [3.8, 4) is 0 Å². The predicted molar refractivity (Wildman–Crippen MR) is 54.7 cm³/mol. The summed E-state index contributed by atoms with van der Waals surface area (Å²) in [5.41, 5.74) is 0. The molecule has 1 aromatic carbocycles. The molecule has 13 heavy (non-hydrogen) atoms. The third kappa shape index (κ3) is 2.26. The van der Waals surface area contributed by atoms with Crippen LogP contribution in [0, 0.1) is 6.92 Å². The van der Waals surface area contributed by atoms with Gasteiger partial charge >= 0.3 is 0 Å². The Morgan fingerprint density at radius 1 is 1.31 bits per heavy atom. The molecule has 0 saturated carbocycles. The maximum absolute atomic E-state index is 5.78. The van der Waals surface area contributed by atoms with E-state index in [9.17, 15) is 0 Å². The van der Waals surface area contributed by atoms with Crippen molar-refractivity contribution in [2.45, 2.75) is 22.7 Å². The van der Waals surface area contributed by atoms with E-state index < -0.39 is 0 Å². The van der Waals surface area contributed by atoms with Crippen LogP contribution < -0.4 is 0 Å². The second kappa shape index (κ2) is 4.16. The van der Waals surface area contributed by atoms with Gasteiger partial charge in [-0.3, -0.25) is 0 Å². The van der Waals surface area contributed by atoms with Gasteiger partial charge in [0.25, 0.3) is 0 Å². The first-order chi connectivity index (χ1) is 6.36. The number of benzene rings is 1. The minimum atomic E-state index is -0.0924. The average Bonchev–Trinajstić information content (AvgIpc) is 2.54. The van der Waals surface area contributed by atoms with Crippen molar-refractivity contribution in [2.24, 2.45) is 0 Å². The number of rotatable bonds is 2. The van der Waals surface area contributed by atoms with Gasteiger partial charge in [-0.05, 0) is 25.5 Å². The number of hydrogen-bond donors (Lipinski definition) is 0. The van der Waals surface area contributed by atoms with Gasteiger partial charge < -0.3 is 4.74 Å². The van der Waals surface area contributed by atoms with E-state index in [4.69, 9.17) is 11.7 Å². The zero-order valence-electron chi connectivity index (χ0n) is 7.35. The van der Waals surface area contributed by atoms with Crippen LogP contribution in [0.2, 0.25) is 0 Å². The van der Waals surface area contributed by atoms with Gasteiger partial charge in [-0.2, -0.15) is 0 Å². The summed E-state index contributed by atoms with van der Waals surface area (Å²) < 4.78 is 5.29. The molecule has 0 amide bonds. The van der Waals surface area contributed by atoms with Crippen molar-refractivity contribution in [1.82, 2.24) is 0 Å². The Labute approximate surface area is 83.5 Å². The molecule has 1 aliphatic heterocycles. The molecule has 2 rings (SSSR count). The van der Waals surface area contributed by atoms with Gasteiger partial charge in [0.1, 0.15) is 0 Å². The summed E-state index contributed by atoms with van der Waals surface area (Å²) >= 11 is 1.81. The molecular weight excluding hydrogens is 180 g/mol. The van der Waals surface area contributed by atoms with Crippen LogP contribution in [0.15, 0.2) is 35.2 Å². The molecule has 1 saturated heterocycles. The standard InChI is InChI=1S/C11H12OS/c1-9-11(7-8-12-9)13-10-5-3-2-4-6-10/h1-6,9,11H,7-8H2. The van der Waals surface area contributed by atoms with Gasteiger partial charge in [-0.25, -0.2) is 0 Å². The van der Waals surface area contributed by atoms with Crippen molar-refractivity contribution < 1.29 is 4.74 Å². The van der Waals surface area contributed by atoms with E-state index in [1.807, 2.05) is 30.0 Å². The summed E-state index contributed by atoms with van der Waals surface area (Å²) in [5, 5.41) is 0.419. The van der Waals surface area contributed by atoms with Crippen molar-refractivity contribution in [2.75, 3.05) is 6.61 Å². The molecule has 68 valence electrons. The molecule has 1 aromatic rings. The Morgan fingerprint density at radius 3 is 2.69 bits per heavy atom. The maximum atomic E-state index is 5.78. The Morgan fingerprint density at radius 2 is 2.08 bits per heavy atom. The molecule has 1 nitrogen and oxygen atoms in total. The van der Waals surface area contributed by atoms with Gasteiger partial charge in [0, 0.05) is 16.8 Å². The fraction of sp³-hybridized carbons (Fsp3) is 0.364. The highest BCUT2D eigenvalue weighted by molar-refractivity contribution is 8.00. The van der Waals surface area contributed by atoms with Crippen LogP contribution in [0.1, 0.15) is 6.42 Å². The molecule has 0 aromatic heterocycles. The van der Waals surface area contributed by atoms with Gasteiger partial charge in [-0.1, -0.05) is 18.2 Å². The molecule has 0 spiro atoms. The zero-order valence-corrected chi connectivity index (χ0v) is 8.17. The van der Waals surface area contributed by atoms with E-state index >= 15 is 0 Å². The lowest BCUT2D eigenvalue weighted by molar-refractivity contribution is 0.145. The molecule has 1 fully saturated rings. The zero-order chi connectivity index (χ0) is 9.10. The summed E-state index contributed by atoms with van der Waals surface area (Å²) in [6, 6.07) is 10.3. The largest absolute Gasteiger partial charge is 0.377 e. The third-order valence-corrected chi connectivity index (χ3v) is 3.46. The van der Waals surface area contributed by atoms with Gasteiger partial charge in [0.2, 0.25) is 0 Å². The topological polar surface area (TPSA) is 9.23 Å². The molecule has 0 aliphatic carbocycles. The van der Waals surface area contributed by atoms with Crippen LogP contribution in [0.25, 0.3) is 0 Å². The highest BCUT2D eigenvalue weighted by Crippen LogP contribution is 2.31. The van der Waals surface area contributed by atoms with E-state index in [-0.39, 0.29) is 6.10 Å². The van der Waals surface area contributed by atoms with Crippen LogP contribution in [-0.4, -0.2) is 18.0 Å². The van der Waals surface area contributed by atoms with E-state index in [0.717, 1.165) is 13.0 Å². The summed E-state index contributed by atoms with van der Waals surface area (Å²) in [7, 11) is 0. The van der Waals surface area contributed by atoms with Crippen LogP contribution in [-0.2, 0) is 4.74 Å². The first-order valence-corrected chi connectivity index (χ1v) is 5.33. The maximum Gasteiger partial charge on any atom is 0.0733 e. The lowest BCUT2D eigenvalue weighted by atomic mass is 10.3. The number of hydrogen-bond acceptors (Lipinski definition) is 2. The van der Waals surface area contributed by atoms with Crippen LogP contribution in [0.4, 0.5) is 0 Å². The Balaban J connectivity index is 1.98. The molecule has 2 atom stereocenters. The lowest BCUT2D eigenvalue weighted by Gasteiger charge is -2.12. The predicted octanol–water partition coefficient (Wildman–Crippen LogP) is 2.65. The normalized spacial score (nSPS) is 27.8. The van der Waals surface area contributed by atoms with E-state index in [0.29, 0.717) is 5.25 Å². The molecule has 1 aliphatic rings. The summed E-state index contributed by atoms with van der Waals surface area (Å²) in [5.74, 6) is 0. The Hall–Kier alpha value is -0.470. The van der Waals surface area contributed by atoms with Crippen molar-refractivity contribution in [1.29, 1.82) is 0 Å². The molecular formula is C11H12OS. The molecule has 2 radical (unpaired) electrons. The van der Waals surface area contributed by atoms with E-state index in [1.165, 1.54) is 4.90 Å². The van der Waals surface area contributed by atoms with Crippen LogP contribution in [0.3, 0.4) is 0 Å². The van der Waals surface area contributed by atoms with Gasteiger partial charge in [0.15, 0.2) is 0 Å². The molecule has 2 unspecified atom stereocenters. The minimum absolute atomic E-state index is 0.0924. The van der Waals surface area contributed by atoms with E-state index in [2.05, 4.69) is 12.1 Å². The fourth-order valence-electron chi connectivity index (χ4n) is 1.39. The minimum Gasteiger partial charge on any atom is -0.377 e. The summed E-state index contributed by atoms with van der Waals surface area (Å²) in [4.78, 5) is 1.27. The highest BCUT2D eigenvalue weighted by atomic mass is 32.2. The highest BCUT2D eigenvalue weighted by Gasteiger charge is 2.24. The van der Waals surface area contributed by atoms with Gasteiger partial charge in [-0.15, -0.1) is 11.8 Å².